The third-order valence-electron chi connectivity index (χ3n) is 8.21. The second-order valence-electron chi connectivity index (χ2n) is 10.7. The Labute approximate surface area is 217 Å². The van der Waals surface area contributed by atoms with E-state index in [1.54, 1.807) is 66.9 Å². The van der Waals surface area contributed by atoms with Crippen LogP contribution in [0, 0.1) is 25.5 Å². The lowest BCUT2D eigenvalue weighted by Gasteiger charge is -2.27. The predicted octanol–water partition coefficient (Wildman–Crippen LogP) is 4.29. The van der Waals surface area contributed by atoms with Crippen molar-refractivity contribution in [3.05, 3.63) is 87.4 Å². The minimum atomic E-state index is -0.511. The number of nitrogens with zero attached hydrogens (tertiary/aromatic N) is 6. The number of hydrogen-bond donors (Lipinski definition) is 1. The normalized spacial score (nSPS) is 17.9. The Kier molecular flexibility index (Phi) is 4.70. The zero-order valence-corrected chi connectivity index (χ0v) is 21.6. The number of aromatic nitrogens is 6. The summed E-state index contributed by atoms with van der Waals surface area (Å²) in [6.07, 6.45) is 6.71. The Hall–Kier alpha value is -4.05. The molecule has 1 aliphatic carbocycles. The second-order valence-corrected chi connectivity index (χ2v) is 10.7. The van der Waals surface area contributed by atoms with Gasteiger partial charge in [0.25, 0.3) is 0 Å². The molecular weight excluding hydrogens is 488 g/mol. The number of halogens is 2. The van der Waals surface area contributed by atoms with Crippen molar-refractivity contribution in [2.45, 2.75) is 45.1 Å². The van der Waals surface area contributed by atoms with Crippen molar-refractivity contribution >= 4 is 10.9 Å². The van der Waals surface area contributed by atoms with Crippen molar-refractivity contribution < 1.29 is 8.78 Å². The van der Waals surface area contributed by atoms with Crippen LogP contribution in [0.2, 0.25) is 0 Å². The zero-order chi connectivity index (χ0) is 26.5. The minimum absolute atomic E-state index is 0.0543. The van der Waals surface area contributed by atoms with E-state index in [0.29, 0.717) is 33.5 Å². The van der Waals surface area contributed by atoms with Gasteiger partial charge in [-0.25, -0.2) is 18.3 Å². The van der Waals surface area contributed by atoms with Crippen LogP contribution in [-0.2, 0) is 12.5 Å². The van der Waals surface area contributed by atoms with E-state index in [-0.39, 0.29) is 23.0 Å². The SMILES string of the molecule is Cc1cc(-n2nc3c(c2-n2ccn(-c4ccc5c(cnn5C)c4F)c2=O)[C@H](C)NCC32CC2)cc(C)c1F. The van der Waals surface area contributed by atoms with E-state index >= 15 is 4.39 Å². The third kappa shape index (κ3) is 3.06. The van der Waals surface area contributed by atoms with Crippen LogP contribution in [0.3, 0.4) is 0 Å². The molecule has 2 aromatic carbocycles. The smallest absolute Gasteiger partial charge is 0.309 e. The van der Waals surface area contributed by atoms with E-state index in [1.807, 2.05) is 0 Å². The summed E-state index contributed by atoms with van der Waals surface area (Å²) >= 11 is 0. The number of fused-ring (bicyclic) bond motifs is 3. The average molecular weight is 516 g/mol. The summed E-state index contributed by atoms with van der Waals surface area (Å²) in [5, 5.41) is 13.1. The van der Waals surface area contributed by atoms with Gasteiger partial charge in [0, 0.05) is 43.0 Å². The van der Waals surface area contributed by atoms with E-state index < -0.39 is 11.5 Å². The molecule has 38 heavy (non-hydrogen) atoms. The predicted molar refractivity (Wildman–Crippen MR) is 139 cm³/mol. The highest BCUT2D eigenvalue weighted by Crippen LogP contribution is 2.53. The first-order chi connectivity index (χ1) is 18.2. The maximum atomic E-state index is 15.5. The summed E-state index contributed by atoms with van der Waals surface area (Å²) in [5.74, 6) is -0.184. The summed E-state index contributed by atoms with van der Waals surface area (Å²) in [6.45, 7) is 6.33. The second kappa shape index (κ2) is 7.73. The Bertz CT molecular complexity index is 1810. The Morgan fingerprint density at radius 3 is 2.47 bits per heavy atom. The minimum Gasteiger partial charge on any atom is -0.309 e. The lowest BCUT2D eigenvalue weighted by atomic mass is 9.90. The first kappa shape index (κ1) is 23.1. The zero-order valence-electron chi connectivity index (χ0n) is 21.6. The summed E-state index contributed by atoms with van der Waals surface area (Å²) in [5.41, 5.74) is 3.90. The highest BCUT2D eigenvalue weighted by atomic mass is 19.1. The molecule has 0 unspecified atom stereocenters. The molecule has 0 saturated heterocycles. The van der Waals surface area contributed by atoms with Crippen molar-refractivity contribution in [2.75, 3.05) is 6.54 Å². The van der Waals surface area contributed by atoms with Gasteiger partial charge in [-0.15, -0.1) is 0 Å². The maximum absolute atomic E-state index is 15.5. The summed E-state index contributed by atoms with van der Waals surface area (Å²) in [6, 6.07) is 6.79. The van der Waals surface area contributed by atoms with Gasteiger partial charge in [-0.05, 0) is 69.0 Å². The fourth-order valence-corrected chi connectivity index (χ4v) is 5.86. The van der Waals surface area contributed by atoms with Crippen LogP contribution in [0.25, 0.3) is 28.1 Å². The van der Waals surface area contributed by atoms with Gasteiger partial charge in [-0.3, -0.25) is 13.8 Å². The van der Waals surface area contributed by atoms with E-state index in [4.69, 9.17) is 5.10 Å². The molecule has 1 saturated carbocycles. The fourth-order valence-electron chi connectivity index (χ4n) is 5.86. The molecule has 1 atom stereocenters. The molecule has 1 spiro atoms. The Balaban J connectivity index is 1.48. The van der Waals surface area contributed by atoms with Crippen LogP contribution in [0.1, 0.15) is 48.2 Å². The first-order valence-electron chi connectivity index (χ1n) is 12.7. The molecule has 3 aromatic heterocycles. The van der Waals surface area contributed by atoms with Crippen LogP contribution in [0.4, 0.5) is 8.78 Å². The highest BCUT2D eigenvalue weighted by Gasteiger charge is 2.52. The van der Waals surface area contributed by atoms with Gasteiger partial charge in [0.05, 0.1) is 34.2 Å². The molecule has 0 radical (unpaired) electrons. The fraction of sp³-hybridized carbons (Fsp3) is 0.321. The summed E-state index contributed by atoms with van der Waals surface area (Å²) in [7, 11) is 1.75. The molecule has 10 heteroatoms. The molecule has 5 aromatic rings. The molecule has 2 aliphatic rings. The molecule has 194 valence electrons. The number of imidazole rings is 1. The third-order valence-corrected chi connectivity index (χ3v) is 8.21. The summed E-state index contributed by atoms with van der Waals surface area (Å²) in [4.78, 5) is 13.9. The number of nitrogens with one attached hydrogen (secondary N) is 1. The largest absolute Gasteiger partial charge is 0.338 e. The van der Waals surface area contributed by atoms with Crippen LogP contribution >= 0.6 is 0 Å². The summed E-state index contributed by atoms with van der Waals surface area (Å²) < 4.78 is 36.2. The highest BCUT2D eigenvalue weighted by molar-refractivity contribution is 5.81. The standard InChI is InChI=1S/C28H27F2N7O/c1-15-11-18(12-16(2)23(15)29)37-26(22-17(3)31-14-28(7-8-28)25(22)33-37)36-10-9-35(27(36)38)21-6-5-20-19(24(21)30)13-32-34(20)4/h5-6,9-13,17,31H,7-8,14H2,1-4H3/t17-/m0/s1. The molecule has 8 nitrogen and oxygen atoms in total. The number of aryl methyl sites for hydroxylation is 3. The van der Waals surface area contributed by atoms with Crippen LogP contribution in [0.5, 0.6) is 0 Å². The molecule has 1 N–H and O–H groups in total. The van der Waals surface area contributed by atoms with E-state index in [9.17, 15) is 9.18 Å². The van der Waals surface area contributed by atoms with Crippen LogP contribution in [0.15, 0.2) is 47.7 Å². The van der Waals surface area contributed by atoms with Crippen molar-refractivity contribution in [3.63, 3.8) is 0 Å². The van der Waals surface area contributed by atoms with Gasteiger partial charge in [0.1, 0.15) is 11.6 Å². The topological polar surface area (TPSA) is 74.6 Å². The number of benzene rings is 2. The molecule has 7 rings (SSSR count). The van der Waals surface area contributed by atoms with E-state index in [0.717, 1.165) is 30.6 Å². The monoisotopic (exact) mass is 515 g/mol. The van der Waals surface area contributed by atoms with Gasteiger partial charge in [-0.1, -0.05) is 0 Å². The molecule has 1 aliphatic heterocycles. The Morgan fingerprint density at radius 1 is 1.05 bits per heavy atom. The van der Waals surface area contributed by atoms with Crippen molar-refractivity contribution in [2.24, 2.45) is 7.05 Å². The lowest BCUT2D eigenvalue weighted by molar-refractivity contribution is 0.459. The molecular formula is C28H27F2N7O. The van der Waals surface area contributed by atoms with E-state index in [1.165, 1.54) is 15.3 Å². The average Bonchev–Trinajstić information content (AvgIpc) is 3.18. The maximum Gasteiger partial charge on any atom is 0.338 e. The Morgan fingerprint density at radius 2 is 1.76 bits per heavy atom. The number of hydrogen-bond acceptors (Lipinski definition) is 4. The molecule has 4 heterocycles. The number of rotatable bonds is 3. The molecule has 0 bridgehead atoms. The van der Waals surface area contributed by atoms with Gasteiger partial charge >= 0.3 is 5.69 Å². The van der Waals surface area contributed by atoms with Crippen molar-refractivity contribution in [3.8, 4) is 17.2 Å². The van der Waals surface area contributed by atoms with Gasteiger partial charge in [-0.2, -0.15) is 10.2 Å². The van der Waals surface area contributed by atoms with Gasteiger partial charge in [0.2, 0.25) is 0 Å². The molecule has 1 fully saturated rings. The lowest BCUT2D eigenvalue weighted by Crippen LogP contribution is -2.36. The van der Waals surface area contributed by atoms with Gasteiger partial charge < -0.3 is 5.32 Å². The van der Waals surface area contributed by atoms with Crippen LogP contribution < -0.4 is 11.0 Å². The van der Waals surface area contributed by atoms with Crippen molar-refractivity contribution in [1.82, 2.24) is 34.0 Å². The molecule has 0 amide bonds. The van der Waals surface area contributed by atoms with Crippen molar-refractivity contribution in [1.29, 1.82) is 0 Å². The van der Waals surface area contributed by atoms with Gasteiger partial charge in [0.15, 0.2) is 5.82 Å². The van der Waals surface area contributed by atoms with Crippen LogP contribution in [-0.4, -0.2) is 35.2 Å². The first-order valence-corrected chi connectivity index (χ1v) is 12.7. The van der Waals surface area contributed by atoms with E-state index in [2.05, 4.69) is 17.3 Å². The quantitative estimate of drug-likeness (QED) is 0.389.